The Kier molecular flexibility index (Phi) is 5.60. The van der Waals surface area contributed by atoms with Crippen molar-refractivity contribution in [3.8, 4) is 6.07 Å². The minimum Gasteiger partial charge on any atom is -0.336 e. The summed E-state index contributed by atoms with van der Waals surface area (Å²) in [6, 6.07) is 14.4. The molecule has 1 aliphatic heterocycles. The topological polar surface area (TPSA) is 47.3 Å². The quantitative estimate of drug-likeness (QED) is 0.821. The average molecular weight is 374 g/mol. The van der Waals surface area contributed by atoms with Crippen molar-refractivity contribution in [1.82, 2.24) is 9.80 Å². The van der Waals surface area contributed by atoms with Gasteiger partial charge < -0.3 is 4.90 Å². The summed E-state index contributed by atoms with van der Waals surface area (Å²) in [4.78, 5) is 16.7. The molecule has 1 fully saturated rings. The molecule has 0 atom stereocenters. The van der Waals surface area contributed by atoms with Crippen LogP contribution in [0.1, 0.15) is 21.5 Å². The van der Waals surface area contributed by atoms with Gasteiger partial charge >= 0.3 is 0 Å². The Hall–Kier alpha value is -2.06. The van der Waals surface area contributed by atoms with Gasteiger partial charge in [0, 0.05) is 53.9 Å². The maximum Gasteiger partial charge on any atom is 0.253 e. The van der Waals surface area contributed by atoms with E-state index in [0.29, 0.717) is 40.8 Å². The Balaban J connectivity index is 1.62. The van der Waals surface area contributed by atoms with Crippen LogP contribution in [0.15, 0.2) is 42.5 Å². The maximum atomic E-state index is 12.6. The van der Waals surface area contributed by atoms with E-state index in [0.717, 1.165) is 18.7 Å². The van der Waals surface area contributed by atoms with E-state index in [9.17, 15) is 4.79 Å². The number of rotatable bonds is 3. The van der Waals surface area contributed by atoms with Gasteiger partial charge in [0.1, 0.15) is 0 Å². The van der Waals surface area contributed by atoms with Crippen molar-refractivity contribution in [3.05, 3.63) is 69.2 Å². The number of piperazine rings is 1. The molecule has 0 N–H and O–H groups in total. The summed E-state index contributed by atoms with van der Waals surface area (Å²) < 4.78 is 0. The smallest absolute Gasteiger partial charge is 0.253 e. The van der Waals surface area contributed by atoms with E-state index in [2.05, 4.69) is 11.0 Å². The molecule has 0 spiro atoms. The molecule has 0 aromatic heterocycles. The zero-order valence-electron chi connectivity index (χ0n) is 13.6. The van der Waals surface area contributed by atoms with Crippen molar-refractivity contribution in [2.75, 3.05) is 26.2 Å². The number of hydrogen-bond acceptors (Lipinski definition) is 3. The molecule has 1 aliphatic rings. The summed E-state index contributed by atoms with van der Waals surface area (Å²) in [7, 11) is 0. The Morgan fingerprint density at radius 1 is 1.04 bits per heavy atom. The number of nitrogens with zero attached hydrogens (tertiary/aromatic N) is 3. The Morgan fingerprint density at radius 2 is 1.68 bits per heavy atom. The van der Waals surface area contributed by atoms with E-state index in [1.807, 2.05) is 23.1 Å². The molecular weight excluding hydrogens is 357 g/mol. The van der Waals surface area contributed by atoms with Crippen LogP contribution in [0.3, 0.4) is 0 Å². The van der Waals surface area contributed by atoms with Crippen LogP contribution in [0.25, 0.3) is 0 Å². The van der Waals surface area contributed by atoms with Crippen molar-refractivity contribution >= 4 is 29.1 Å². The summed E-state index contributed by atoms with van der Waals surface area (Å²) in [5.41, 5.74) is 1.98. The highest BCUT2D eigenvalue weighted by Gasteiger charge is 2.23. The molecule has 0 bridgehead atoms. The second kappa shape index (κ2) is 7.88. The summed E-state index contributed by atoms with van der Waals surface area (Å²) in [5, 5.41) is 10.3. The second-order valence-corrected chi connectivity index (χ2v) is 6.78. The molecule has 6 heteroatoms. The molecule has 1 saturated heterocycles. The minimum absolute atomic E-state index is 0.0347. The van der Waals surface area contributed by atoms with E-state index in [4.69, 9.17) is 28.5 Å². The van der Waals surface area contributed by atoms with Crippen LogP contribution in [-0.4, -0.2) is 41.9 Å². The van der Waals surface area contributed by atoms with Gasteiger partial charge in [-0.05, 0) is 30.3 Å². The fraction of sp³-hybridized carbons (Fsp3) is 0.263. The maximum absolute atomic E-state index is 12.6. The standard InChI is InChI=1S/C19H17Cl2N3O/c20-17-5-2-6-18(21)16(17)13-23-7-9-24(10-8-23)19(25)15-4-1-3-14(11-15)12-22/h1-6,11H,7-10,13H2. The van der Waals surface area contributed by atoms with E-state index < -0.39 is 0 Å². The Labute approximate surface area is 157 Å². The first-order chi connectivity index (χ1) is 12.1. The minimum atomic E-state index is -0.0347. The molecule has 4 nitrogen and oxygen atoms in total. The van der Waals surface area contributed by atoms with Crippen LogP contribution < -0.4 is 0 Å². The summed E-state index contributed by atoms with van der Waals surface area (Å²) in [6.07, 6.45) is 0. The van der Waals surface area contributed by atoms with E-state index >= 15 is 0 Å². The van der Waals surface area contributed by atoms with Crippen LogP contribution in [0.4, 0.5) is 0 Å². The highest BCUT2D eigenvalue weighted by molar-refractivity contribution is 6.35. The number of carbonyl (C=O) groups is 1. The largest absolute Gasteiger partial charge is 0.336 e. The van der Waals surface area contributed by atoms with Crippen molar-refractivity contribution in [1.29, 1.82) is 5.26 Å². The molecule has 0 unspecified atom stereocenters. The van der Waals surface area contributed by atoms with Gasteiger partial charge in [0.2, 0.25) is 0 Å². The molecule has 25 heavy (non-hydrogen) atoms. The van der Waals surface area contributed by atoms with Crippen LogP contribution in [-0.2, 0) is 6.54 Å². The first-order valence-corrected chi connectivity index (χ1v) is 8.79. The van der Waals surface area contributed by atoms with Gasteiger partial charge in [0.15, 0.2) is 0 Å². The molecule has 0 saturated carbocycles. The van der Waals surface area contributed by atoms with Crippen molar-refractivity contribution < 1.29 is 4.79 Å². The number of benzene rings is 2. The second-order valence-electron chi connectivity index (χ2n) is 5.96. The summed E-state index contributed by atoms with van der Waals surface area (Å²) in [6.45, 7) is 3.45. The van der Waals surface area contributed by atoms with Gasteiger partial charge in [0.05, 0.1) is 11.6 Å². The molecule has 2 aromatic rings. The van der Waals surface area contributed by atoms with Crippen molar-refractivity contribution in [2.45, 2.75) is 6.54 Å². The van der Waals surface area contributed by atoms with E-state index in [1.165, 1.54) is 0 Å². The third kappa shape index (κ3) is 4.13. The van der Waals surface area contributed by atoms with E-state index in [1.54, 1.807) is 24.3 Å². The Bertz CT molecular complexity index is 803. The Morgan fingerprint density at radius 3 is 2.32 bits per heavy atom. The molecule has 1 heterocycles. The summed E-state index contributed by atoms with van der Waals surface area (Å²) >= 11 is 12.5. The predicted molar refractivity (Wildman–Crippen MR) is 98.8 cm³/mol. The first kappa shape index (κ1) is 17.8. The highest BCUT2D eigenvalue weighted by Crippen LogP contribution is 2.26. The fourth-order valence-corrected chi connectivity index (χ4v) is 3.44. The first-order valence-electron chi connectivity index (χ1n) is 8.03. The van der Waals surface area contributed by atoms with Crippen LogP contribution in [0.2, 0.25) is 10.0 Å². The third-order valence-electron chi connectivity index (χ3n) is 4.34. The highest BCUT2D eigenvalue weighted by atomic mass is 35.5. The lowest BCUT2D eigenvalue weighted by Crippen LogP contribution is -2.48. The number of hydrogen-bond donors (Lipinski definition) is 0. The van der Waals surface area contributed by atoms with Gasteiger partial charge in [0.25, 0.3) is 5.91 Å². The lowest BCUT2D eigenvalue weighted by molar-refractivity contribution is 0.0628. The lowest BCUT2D eigenvalue weighted by atomic mass is 10.1. The van der Waals surface area contributed by atoms with Gasteiger partial charge in [-0.1, -0.05) is 35.3 Å². The zero-order chi connectivity index (χ0) is 17.8. The van der Waals surface area contributed by atoms with Gasteiger partial charge in [-0.3, -0.25) is 9.69 Å². The van der Waals surface area contributed by atoms with Crippen molar-refractivity contribution in [2.24, 2.45) is 0 Å². The normalized spacial score (nSPS) is 15.0. The lowest BCUT2D eigenvalue weighted by Gasteiger charge is -2.35. The van der Waals surface area contributed by atoms with Gasteiger partial charge in [-0.25, -0.2) is 0 Å². The van der Waals surface area contributed by atoms with Crippen LogP contribution in [0.5, 0.6) is 0 Å². The number of carbonyl (C=O) groups excluding carboxylic acids is 1. The average Bonchev–Trinajstić information content (AvgIpc) is 2.65. The molecule has 3 rings (SSSR count). The monoisotopic (exact) mass is 373 g/mol. The fourth-order valence-electron chi connectivity index (χ4n) is 2.92. The van der Waals surface area contributed by atoms with Crippen LogP contribution in [0, 0.1) is 11.3 Å². The molecular formula is C19H17Cl2N3O. The van der Waals surface area contributed by atoms with Gasteiger partial charge in [-0.15, -0.1) is 0 Å². The van der Waals surface area contributed by atoms with Gasteiger partial charge in [-0.2, -0.15) is 5.26 Å². The van der Waals surface area contributed by atoms with Crippen LogP contribution >= 0.6 is 23.2 Å². The molecule has 128 valence electrons. The molecule has 0 aliphatic carbocycles. The SMILES string of the molecule is N#Cc1cccc(C(=O)N2CCN(Cc3c(Cl)cccc3Cl)CC2)c1. The zero-order valence-corrected chi connectivity index (χ0v) is 15.1. The van der Waals surface area contributed by atoms with Crippen molar-refractivity contribution in [3.63, 3.8) is 0 Å². The number of amides is 1. The summed E-state index contributed by atoms with van der Waals surface area (Å²) in [5.74, 6) is -0.0347. The predicted octanol–water partition coefficient (Wildman–Crippen LogP) is 3.82. The molecule has 0 radical (unpaired) electrons. The van der Waals surface area contributed by atoms with E-state index in [-0.39, 0.29) is 5.91 Å². The number of halogens is 2. The third-order valence-corrected chi connectivity index (χ3v) is 5.05. The molecule has 2 aromatic carbocycles. The molecule has 1 amide bonds. The number of nitriles is 1.